The van der Waals surface area contributed by atoms with Crippen LogP contribution in [-0.2, 0) is 9.59 Å². The van der Waals surface area contributed by atoms with Crippen LogP contribution in [0.25, 0.3) is 0 Å². The first-order valence-electron chi connectivity index (χ1n) is 7.79. The molecule has 1 aliphatic rings. The lowest BCUT2D eigenvalue weighted by Gasteiger charge is -2.17. The van der Waals surface area contributed by atoms with Crippen LogP contribution in [0, 0.1) is 19.8 Å². The SMILES string of the molecule is Cc1cc(C)cc(OC(=O)[C@@H]2CC(=O)N(c3ccccc3Cl)C2)c1. The van der Waals surface area contributed by atoms with E-state index >= 15 is 0 Å². The third-order valence-corrected chi connectivity index (χ3v) is 4.33. The number of carbonyl (C=O) groups excluding carboxylic acids is 2. The minimum absolute atomic E-state index is 0.120. The molecule has 124 valence electrons. The predicted molar refractivity (Wildman–Crippen MR) is 93.5 cm³/mol. The fraction of sp³-hybridized carbons (Fsp3) is 0.263. The third-order valence-electron chi connectivity index (χ3n) is 4.02. The van der Waals surface area contributed by atoms with Gasteiger partial charge in [0.15, 0.2) is 0 Å². The molecule has 0 saturated carbocycles. The maximum atomic E-state index is 12.4. The van der Waals surface area contributed by atoms with Gasteiger partial charge in [-0.3, -0.25) is 9.59 Å². The molecule has 1 atom stereocenters. The van der Waals surface area contributed by atoms with Crippen LogP contribution in [0.4, 0.5) is 5.69 Å². The van der Waals surface area contributed by atoms with Crippen molar-refractivity contribution >= 4 is 29.2 Å². The van der Waals surface area contributed by atoms with Gasteiger partial charge in [0.25, 0.3) is 0 Å². The summed E-state index contributed by atoms with van der Waals surface area (Å²) in [4.78, 5) is 26.2. The lowest BCUT2D eigenvalue weighted by atomic mass is 10.1. The normalized spacial score (nSPS) is 17.2. The van der Waals surface area contributed by atoms with E-state index in [2.05, 4.69) is 0 Å². The first-order chi connectivity index (χ1) is 11.4. The number of carbonyl (C=O) groups is 2. The number of para-hydroxylation sites is 1. The van der Waals surface area contributed by atoms with Gasteiger partial charge < -0.3 is 9.64 Å². The topological polar surface area (TPSA) is 46.6 Å². The zero-order valence-corrected chi connectivity index (χ0v) is 14.3. The lowest BCUT2D eigenvalue weighted by molar-refractivity contribution is -0.139. The predicted octanol–water partition coefficient (Wildman–Crippen LogP) is 3.92. The van der Waals surface area contributed by atoms with Crippen LogP contribution in [0.1, 0.15) is 17.5 Å². The fourth-order valence-electron chi connectivity index (χ4n) is 2.96. The van der Waals surface area contributed by atoms with Crippen LogP contribution >= 0.6 is 11.6 Å². The van der Waals surface area contributed by atoms with Gasteiger partial charge in [-0.2, -0.15) is 0 Å². The molecule has 1 aliphatic heterocycles. The van der Waals surface area contributed by atoms with Gasteiger partial charge in [-0.1, -0.05) is 29.8 Å². The second-order valence-electron chi connectivity index (χ2n) is 6.10. The van der Waals surface area contributed by atoms with Crippen LogP contribution in [0.3, 0.4) is 0 Å². The zero-order chi connectivity index (χ0) is 17.3. The van der Waals surface area contributed by atoms with Crippen molar-refractivity contribution in [1.29, 1.82) is 0 Å². The number of rotatable bonds is 3. The monoisotopic (exact) mass is 343 g/mol. The molecule has 3 rings (SSSR count). The molecule has 1 fully saturated rings. The van der Waals surface area contributed by atoms with Gasteiger partial charge in [-0.25, -0.2) is 0 Å². The van der Waals surface area contributed by atoms with Gasteiger partial charge >= 0.3 is 5.97 Å². The Bertz CT molecular complexity index is 783. The molecular weight excluding hydrogens is 326 g/mol. The van der Waals surface area contributed by atoms with Gasteiger partial charge in [0.1, 0.15) is 5.75 Å². The molecule has 2 aromatic rings. The molecule has 0 N–H and O–H groups in total. The summed E-state index contributed by atoms with van der Waals surface area (Å²) >= 11 is 6.15. The fourth-order valence-corrected chi connectivity index (χ4v) is 3.20. The molecule has 0 aromatic heterocycles. The van der Waals surface area contributed by atoms with Crippen molar-refractivity contribution < 1.29 is 14.3 Å². The summed E-state index contributed by atoms with van der Waals surface area (Å²) in [6.07, 6.45) is 0.134. The van der Waals surface area contributed by atoms with E-state index < -0.39 is 5.92 Å². The van der Waals surface area contributed by atoms with Crippen LogP contribution in [0.2, 0.25) is 5.02 Å². The molecule has 24 heavy (non-hydrogen) atoms. The smallest absolute Gasteiger partial charge is 0.316 e. The van der Waals surface area contributed by atoms with Crippen molar-refractivity contribution in [1.82, 2.24) is 0 Å². The van der Waals surface area contributed by atoms with E-state index in [9.17, 15) is 9.59 Å². The number of anilines is 1. The van der Waals surface area contributed by atoms with Crippen LogP contribution in [0.15, 0.2) is 42.5 Å². The van der Waals surface area contributed by atoms with Crippen molar-refractivity contribution in [2.24, 2.45) is 5.92 Å². The zero-order valence-electron chi connectivity index (χ0n) is 13.6. The molecule has 0 unspecified atom stereocenters. The van der Waals surface area contributed by atoms with Crippen LogP contribution < -0.4 is 9.64 Å². The van der Waals surface area contributed by atoms with Gasteiger partial charge in [0.2, 0.25) is 5.91 Å². The Labute approximate surface area is 146 Å². The molecule has 1 heterocycles. The van der Waals surface area contributed by atoms with Crippen molar-refractivity contribution in [3.05, 3.63) is 58.6 Å². The van der Waals surface area contributed by atoms with Crippen LogP contribution in [0.5, 0.6) is 5.75 Å². The summed E-state index contributed by atoms with van der Waals surface area (Å²) in [6, 6.07) is 12.8. The summed E-state index contributed by atoms with van der Waals surface area (Å²) < 4.78 is 5.47. The Balaban J connectivity index is 1.73. The highest BCUT2D eigenvalue weighted by Crippen LogP contribution is 2.31. The van der Waals surface area contributed by atoms with Gasteiger partial charge in [0.05, 0.1) is 16.6 Å². The summed E-state index contributed by atoms with van der Waals surface area (Å²) in [6.45, 7) is 4.18. The summed E-state index contributed by atoms with van der Waals surface area (Å²) in [5, 5.41) is 0.495. The number of ether oxygens (including phenoxy) is 1. The molecule has 1 saturated heterocycles. The second kappa shape index (κ2) is 6.65. The molecule has 2 aromatic carbocycles. The second-order valence-corrected chi connectivity index (χ2v) is 6.51. The number of hydrogen-bond acceptors (Lipinski definition) is 3. The molecule has 0 bridgehead atoms. The summed E-state index contributed by atoms with van der Waals surface area (Å²) in [7, 11) is 0. The van der Waals surface area contributed by atoms with E-state index in [4.69, 9.17) is 16.3 Å². The van der Waals surface area contributed by atoms with E-state index in [-0.39, 0.29) is 24.8 Å². The molecule has 0 aliphatic carbocycles. The van der Waals surface area contributed by atoms with E-state index in [0.717, 1.165) is 11.1 Å². The quantitative estimate of drug-likeness (QED) is 0.627. The first kappa shape index (κ1) is 16.5. The molecule has 0 spiro atoms. The molecule has 1 amide bonds. The average molecular weight is 344 g/mol. The molecule has 0 radical (unpaired) electrons. The number of nitrogens with zero attached hydrogens (tertiary/aromatic N) is 1. The van der Waals surface area contributed by atoms with E-state index in [1.54, 1.807) is 23.1 Å². The van der Waals surface area contributed by atoms with E-state index in [0.29, 0.717) is 16.5 Å². The lowest BCUT2D eigenvalue weighted by Crippen LogP contribution is -2.27. The Hall–Kier alpha value is -2.33. The van der Waals surface area contributed by atoms with Gasteiger partial charge in [-0.05, 0) is 49.2 Å². The number of aryl methyl sites for hydroxylation is 2. The maximum absolute atomic E-state index is 12.4. The van der Waals surface area contributed by atoms with E-state index in [1.807, 2.05) is 38.1 Å². The highest BCUT2D eigenvalue weighted by atomic mass is 35.5. The number of halogens is 1. The standard InChI is InChI=1S/C19H18ClNO3/c1-12-7-13(2)9-15(8-12)24-19(23)14-10-18(22)21(11-14)17-6-4-3-5-16(17)20/h3-9,14H,10-11H2,1-2H3/t14-/m1/s1. The molecule has 4 nitrogen and oxygen atoms in total. The van der Waals surface area contributed by atoms with Gasteiger partial charge in [-0.15, -0.1) is 0 Å². The van der Waals surface area contributed by atoms with Crippen molar-refractivity contribution in [3.63, 3.8) is 0 Å². The third kappa shape index (κ3) is 3.44. The number of hydrogen-bond donors (Lipinski definition) is 0. The molecular formula is C19H18ClNO3. The highest BCUT2D eigenvalue weighted by Gasteiger charge is 2.37. The number of amides is 1. The minimum atomic E-state index is -0.491. The Kier molecular flexibility index (Phi) is 4.58. The van der Waals surface area contributed by atoms with Gasteiger partial charge in [0, 0.05) is 13.0 Å². The van der Waals surface area contributed by atoms with Crippen molar-refractivity contribution in [2.75, 3.05) is 11.4 Å². The van der Waals surface area contributed by atoms with Crippen LogP contribution in [-0.4, -0.2) is 18.4 Å². The summed E-state index contributed by atoms with van der Waals surface area (Å²) in [5.74, 6) is -0.482. The maximum Gasteiger partial charge on any atom is 0.316 e. The Morgan fingerprint density at radius 3 is 2.50 bits per heavy atom. The van der Waals surface area contributed by atoms with E-state index in [1.165, 1.54) is 0 Å². The molecule has 5 heteroatoms. The summed E-state index contributed by atoms with van der Waals surface area (Å²) in [5.41, 5.74) is 2.68. The number of esters is 1. The largest absolute Gasteiger partial charge is 0.426 e. The average Bonchev–Trinajstić information content (AvgIpc) is 2.88. The Morgan fingerprint density at radius 1 is 1.17 bits per heavy atom. The number of benzene rings is 2. The van der Waals surface area contributed by atoms with Crippen molar-refractivity contribution in [2.45, 2.75) is 20.3 Å². The minimum Gasteiger partial charge on any atom is -0.426 e. The highest BCUT2D eigenvalue weighted by molar-refractivity contribution is 6.33. The first-order valence-corrected chi connectivity index (χ1v) is 8.17. The Morgan fingerprint density at radius 2 is 1.83 bits per heavy atom. The van der Waals surface area contributed by atoms with Crippen molar-refractivity contribution in [3.8, 4) is 5.75 Å².